The minimum atomic E-state index is -3.60. The van der Waals surface area contributed by atoms with Crippen LogP contribution in [0.2, 0.25) is 0 Å². The number of fused-ring (bicyclic) bond motifs is 1. The average Bonchev–Trinajstić information content (AvgIpc) is 2.90. The van der Waals surface area contributed by atoms with E-state index in [4.69, 9.17) is 4.42 Å². The summed E-state index contributed by atoms with van der Waals surface area (Å²) in [7, 11) is -3.60. The summed E-state index contributed by atoms with van der Waals surface area (Å²) in [6.45, 7) is 5.51. The third-order valence-corrected chi connectivity index (χ3v) is 5.52. The van der Waals surface area contributed by atoms with Crippen molar-refractivity contribution in [3.8, 4) is 0 Å². The Labute approximate surface area is 136 Å². The van der Waals surface area contributed by atoms with Gasteiger partial charge < -0.3 is 4.42 Å². The van der Waals surface area contributed by atoms with Gasteiger partial charge in [-0.25, -0.2) is 13.1 Å². The van der Waals surface area contributed by atoms with Crippen LogP contribution in [0.25, 0.3) is 11.0 Å². The maximum Gasteiger partial charge on any atom is 0.241 e. The van der Waals surface area contributed by atoms with Crippen LogP contribution in [0.4, 0.5) is 0 Å². The third kappa shape index (κ3) is 3.16. The fraction of sp³-hybridized carbons (Fsp3) is 0.222. The summed E-state index contributed by atoms with van der Waals surface area (Å²) < 4.78 is 33.6. The molecule has 1 N–H and O–H groups in total. The van der Waals surface area contributed by atoms with Crippen molar-refractivity contribution >= 4 is 21.0 Å². The van der Waals surface area contributed by atoms with E-state index in [1.165, 1.54) is 0 Å². The number of sulfonamides is 1. The molecule has 0 radical (unpaired) electrons. The minimum Gasteiger partial charge on any atom is -0.459 e. The summed E-state index contributed by atoms with van der Waals surface area (Å²) in [5.74, 6) is 0.597. The SMILES string of the molecule is Cc1ccc(S(=O)(=O)N[C@H](C)c2cc3ccccc3o2)c(C)c1. The Bertz CT molecular complexity index is 924. The molecular weight excluding hydrogens is 310 g/mol. The Hall–Kier alpha value is -2.11. The molecule has 1 aromatic heterocycles. The van der Waals surface area contributed by atoms with Crippen molar-refractivity contribution in [2.24, 2.45) is 0 Å². The fourth-order valence-electron chi connectivity index (χ4n) is 2.67. The van der Waals surface area contributed by atoms with E-state index in [0.29, 0.717) is 10.7 Å². The van der Waals surface area contributed by atoms with Gasteiger partial charge in [0.25, 0.3) is 0 Å². The second-order valence-electron chi connectivity index (χ2n) is 5.80. The predicted molar refractivity (Wildman–Crippen MR) is 90.9 cm³/mol. The van der Waals surface area contributed by atoms with E-state index in [1.54, 1.807) is 26.0 Å². The van der Waals surface area contributed by atoms with Crippen molar-refractivity contribution < 1.29 is 12.8 Å². The van der Waals surface area contributed by atoms with Crippen molar-refractivity contribution in [3.05, 3.63) is 65.4 Å². The Morgan fingerprint density at radius 1 is 1.04 bits per heavy atom. The minimum absolute atomic E-state index is 0.297. The molecule has 4 nitrogen and oxygen atoms in total. The van der Waals surface area contributed by atoms with Gasteiger partial charge in [0.05, 0.1) is 10.9 Å². The van der Waals surface area contributed by atoms with Crippen LogP contribution < -0.4 is 4.72 Å². The molecule has 3 aromatic rings. The van der Waals surface area contributed by atoms with Gasteiger partial charge in [-0.1, -0.05) is 35.9 Å². The molecule has 5 heteroatoms. The lowest BCUT2D eigenvalue weighted by atomic mass is 10.2. The van der Waals surface area contributed by atoms with Gasteiger partial charge in [0, 0.05) is 5.39 Å². The molecule has 0 aliphatic carbocycles. The maximum atomic E-state index is 12.6. The highest BCUT2D eigenvalue weighted by molar-refractivity contribution is 7.89. The first kappa shape index (κ1) is 15.8. The molecule has 1 atom stereocenters. The number of rotatable bonds is 4. The maximum absolute atomic E-state index is 12.6. The first-order valence-electron chi connectivity index (χ1n) is 7.45. The zero-order chi connectivity index (χ0) is 16.6. The zero-order valence-electron chi connectivity index (χ0n) is 13.3. The van der Waals surface area contributed by atoms with Gasteiger partial charge in [-0.2, -0.15) is 0 Å². The highest BCUT2D eigenvalue weighted by atomic mass is 32.2. The molecule has 0 fully saturated rings. The summed E-state index contributed by atoms with van der Waals surface area (Å²) in [6, 6.07) is 14.3. The molecule has 0 unspecified atom stereocenters. The standard InChI is InChI=1S/C18H19NO3S/c1-12-8-9-18(13(2)10-12)23(20,21)19-14(3)17-11-15-6-4-5-7-16(15)22-17/h4-11,14,19H,1-3H3/t14-/m1/s1. The van der Waals surface area contributed by atoms with E-state index in [9.17, 15) is 8.42 Å². The molecule has 3 rings (SSSR count). The molecule has 23 heavy (non-hydrogen) atoms. The van der Waals surface area contributed by atoms with Crippen LogP contribution >= 0.6 is 0 Å². The van der Waals surface area contributed by atoms with Crippen LogP contribution in [0.1, 0.15) is 29.9 Å². The van der Waals surface area contributed by atoms with Gasteiger partial charge in [-0.05, 0) is 44.5 Å². The quantitative estimate of drug-likeness (QED) is 0.784. The van der Waals surface area contributed by atoms with Crippen LogP contribution in [-0.2, 0) is 10.0 Å². The van der Waals surface area contributed by atoms with E-state index >= 15 is 0 Å². The fourth-order valence-corrected chi connectivity index (χ4v) is 4.11. The summed E-state index contributed by atoms with van der Waals surface area (Å²) >= 11 is 0. The lowest BCUT2D eigenvalue weighted by Gasteiger charge is -2.14. The number of nitrogens with one attached hydrogen (secondary N) is 1. The Morgan fingerprint density at radius 2 is 1.78 bits per heavy atom. The number of para-hydroxylation sites is 1. The van der Waals surface area contributed by atoms with Gasteiger partial charge >= 0.3 is 0 Å². The molecule has 0 spiro atoms. The summed E-state index contributed by atoms with van der Waals surface area (Å²) in [4.78, 5) is 0.297. The number of furan rings is 1. The van der Waals surface area contributed by atoms with Crippen molar-refractivity contribution in [2.45, 2.75) is 31.7 Å². The van der Waals surface area contributed by atoms with Gasteiger partial charge in [-0.3, -0.25) is 0 Å². The topological polar surface area (TPSA) is 59.3 Å². The van der Waals surface area contributed by atoms with Gasteiger partial charge in [-0.15, -0.1) is 0 Å². The van der Waals surface area contributed by atoms with Crippen LogP contribution in [-0.4, -0.2) is 8.42 Å². The molecule has 0 aliphatic rings. The van der Waals surface area contributed by atoms with E-state index in [0.717, 1.165) is 22.1 Å². The predicted octanol–water partition coefficient (Wildman–Crippen LogP) is 4.09. The average molecular weight is 329 g/mol. The molecule has 1 heterocycles. The molecule has 0 amide bonds. The van der Waals surface area contributed by atoms with Crippen molar-refractivity contribution in [2.75, 3.05) is 0 Å². The van der Waals surface area contributed by atoms with Gasteiger partial charge in [0.1, 0.15) is 11.3 Å². The highest BCUT2D eigenvalue weighted by Gasteiger charge is 2.22. The summed E-state index contributed by atoms with van der Waals surface area (Å²) in [6.07, 6.45) is 0. The highest BCUT2D eigenvalue weighted by Crippen LogP contribution is 2.25. The zero-order valence-corrected chi connectivity index (χ0v) is 14.1. The second kappa shape index (κ2) is 5.83. The normalized spacial score (nSPS) is 13.3. The molecule has 0 bridgehead atoms. The first-order chi connectivity index (χ1) is 10.9. The van der Waals surface area contributed by atoms with Crippen LogP contribution in [0, 0.1) is 13.8 Å². The Kier molecular flexibility index (Phi) is 4.00. The number of hydrogen-bond donors (Lipinski definition) is 1. The van der Waals surface area contributed by atoms with E-state index in [2.05, 4.69) is 4.72 Å². The van der Waals surface area contributed by atoms with Crippen molar-refractivity contribution in [1.29, 1.82) is 0 Å². The molecule has 120 valence electrons. The van der Waals surface area contributed by atoms with Gasteiger partial charge in [0.2, 0.25) is 10.0 Å². The van der Waals surface area contributed by atoms with Crippen molar-refractivity contribution in [3.63, 3.8) is 0 Å². The smallest absolute Gasteiger partial charge is 0.241 e. The van der Waals surface area contributed by atoms with Gasteiger partial charge in [0.15, 0.2) is 0 Å². The molecule has 2 aromatic carbocycles. The molecular formula is C18H19NO3S. The molecule has 0 saturated heterocycles. The monoisotopic (exact) mass is 329 g/mol. The molecule has 0 aliphatic heterocycles. The number of aryl methyl sites for hydroxylation is 2. The number of benzene rings is 2. The van der Waals surface area contributed by atoms with Crippen LogP contribution in [0.3, 0.4) is 0 Å². The van der Waals surface area contributed by atoms with E-state index in [-0.39, 0.29) is 0 Å². The second-order valence-corrected chi connectivity index (χ2v) is 7.48. The largest absolute Gasteiger partial charge is 0.459 e. The number of hydrogen-bond acceptors (Lipinski definition) is 3. The molecule has 0 saturated carbocycles. The third-order valence-electron chi connectivity index (χ3n) is 3.82. The lowest BCUT2D eigenvalue weighted by Crippen LogP contribution is -2.27. The Morgan fingerprint density at radius 3 is 2.48 bits per heavy atom. The first-order valence-corrected chi connectivity index (χ1v) is 8.93. The van der Waals surface area contributed by atoms with E-state index in [1.807, 2.05) is 43.3 Å². The van der Waals surface area contributed by atoms with Crippen LogP contribution in [0.15, 0.2) is 57.8 Å². The Balaban J connectivity index is 1.90. The van der Waals surface area contributed by atoms with Crippen molar-refractivity contribution in [1.82, 2.24) is 4.72 Å². The van der Waals surface area contributed by atoms with E-state index < -0.39 is 16.1 Å². The van der Waals surface area contributed by atoms with Crippen LogP contribution in [0.5, 0.6) is 0 Å². The lowest BCUT2D eigenvalue weighted by molar-refractivity contribution is 0.484. The summed E-state index contributed by atoms with van der Waals surface area (Å²) in [5.41, 5.74) is 2.51. The summed E-state index contributed by atoms with van der Waals surface area (Å²) in [5, 5.41) is 0.958.